The molecule has 0 aliphatic rings. The van der Waals surface area contributed by atoms with Gasteiger partial charge >= 0.3 is 0 Å². The average molecular weight is 458 g/mol. The second-order valence-electron chi connectivity index (χ2n) is 7.48. The van der Waals surface area contributed by atoms with Crippen molar-refractivity contribution in [2.24, 2.45) is 7.05 Å². The molecule has 0 atom stereocenters. The largest absolute Gasteiger partial charge is 0.372 e. The van der Waals surface area contributed by atoms with Crippen LogP contribution < -0.4 is 15.8 Å². The lowest BCUT2D eigenvalue weighted by molar-refractivity contribution is -0.118. The molecule has 0 fully saturated rings. The lowest BCUT2D eigenvalue weighted by Crippen LogP contribution is -2.30. The van der Waals surface area contributed by atoms with Gasteiger partial charge in [0.05, 0.1) is 11.3 Å². The molecule has 0 bridgehead atoms. The van der Waals surface area contributed by atoms with Crippen LogP contribution in [0.4, 0.5) is 5.69 Å². The fourth-order valence-electron chi connectivity index (χ4n) is 3.50. The van der Waals surface area contributed by atoms with E-state index in [0.29, 0.717) is 11.6 Å². The molecule has 0 aliphatic carbocycles. The Bertz CT molecular complexity index is 1130. The van der Waals surface area contributed by atoms with Crippen molar-refractivity contribution in [2.75, 3.05) is 30.3 Å². The number of carbonyl (C=O) groups is 1. The Balaban J connectivity index is 1.52. The number of anilines is 1. The van der Waals surface area contributed by atoms with Crippen LogP contribution in [0.15, 0.2) is 58.2 Å². The third-order valence-corrected chi connectivity index (χ3v) is 6.50. The number of benzene rings is 2. The highest BCUT2D eigenvalue weighted by molar-refractivity contribution is 8.00. The Morgan fingerprint density at radius 3 is 2.74 bits per heavy atom. The van der Waals surface area contributed by atoms with Gasteiger partial charge in [-0.05, 0) is 50.1 Å². The minimum atomic E-state index is -0.117. The summed E-state index contributed by atoms with van der Waals surface area (Å²) < 4.78 is 1.57. The van der Waals surface area contributed by atoms with Gasteiger partial charge in [0.15, 0.2) is 0 Å². The highest BCUT2D eigenvalue weighted by atomic mass is 35.5. The van der Waals surface area contributed by atoms with Crippen molar-refractivity contribution in [1.29, 1.82) is 0 Å². The summed E-state index contributed by atoms with van der Waals surface area (Å²) in [5.41, 5.74) is 3.10. The molecule has 31 heavy (non-hydrogen) atoms. The first kappa shape index (κ1) is 23.2. The molecular formula is C24H28ClN3O2S. The van der Waals surface area contributed by atoms with Crippen LogP contribution >= 0.6 is 23.4 Å². The molecule has 5 nitrogen and oxygen atoms in total. The number of thioether (sulfide) groups is 1. The fourth-order valence-corrected chi connectivity index (χ4v) is 4.57. The van der Waals surface area contributed by atoms with E-state index in [-0.39, 0.29) is 17.2 Å². The van der Waals surface area contributed by atoms with Gasteiger partial charge < -0.3 is 14.8 Å². The molecule has 1 aromatic heterocycles. The van der Waals surface area contributed by atoms with Crippen molar-refractivity contribution in [2.45, 2.75) is 25.2 Å². The lowest BCUT2D eigenvalue weighted by atomic mass is 10.2. The number of carbonyl (C=O) groups excluding carboxylic acids is 1. The predicted octanol–water partition coefficient (Wildman–Crippen LogP) is 4.63. The van der Waals surface area contributed by atoms with Gasteiger partial charge in [-0.2, -0.15) is 0 Å². The van der Waals surface area contributed by atoms with Gasteiger partial charge in [0.1, 0.15) is 0 Å². The lowest BCUT2D eigenvalue weighted by Gasteiger charge is -2.23. The van der Waals surface area contributed by atoms with Crippen molar-refractivity contribution in [3.05, 3.63) is 69.5 Å². The van der Waals surface area contributed by atoms with E-state index in [9.17, 15) is 9.59 Å². The Labute approximate surface area is 192 Å². The molecule has 0 spiro atoms. The Morgan fingerprint density at radius 2 is 2.00 bits per heavy atom. The van der Waals surface area contributed by atoms with Crippen LogP contribution in [0.3, 0.4) is 0 Å². The zero-order chi connectivity index (χ0) is 22.4. The van der Waals surface area contributed by atoms with Gasteiger partial charge in [0, 0.05) is 53.7 Å². The highest BCUT2D eigenvalue weighted by Gasteiger charge is 2.10. The van der Waals surface area contributed by atoms with Crippen molar-refractivity contribution in [1.82, 2.24) is 9.88 Å². The second kappa shape index (κ2) is 10.7. The number of rotatable bonds is 9. The van der Waals surface area contributed by atoms with Crippen molar-refractivity contribution < 1.29 is 4.79 Å². The maximum Gasteiger partial charge on any atom is 0.251 e. The summed E-state index contributed by atoms with van der Waals surface area (Å²) in [5.74, 6) is 0.228. The number of hydrogen-bond acceptors (Lipinski definition) is 4. The first-order valence-corrected chi connectivity index (χ1v) is 11.8. The van der Waals surface area contributed by atoms with Crippen molar-refractivity contribution in [3.8, 4) is 0 Å². The van der Waals surface area contributed by atoms with Gasteiger partial charge in [-0.3, -0.25) is 9.59 Å². The van der Waals surface area contributed by atoms with Crippen molar-refractivity contribution in [3.63, 3.8) is 0 Å². The summed E-state index contributed by atoms with van der Waals surface area (Å²) in [6.45, 7) is 6.66. The normalized spacial score (nSPS) is 11.0. The Hall–Kier alpha value is -2.44. The molecule has 3 rings (SSSR count). The number of amides is 1. The first-order chi connectivity index (χ1) is 14.9. The molecule has 1 amide bonds. The van der Waals surface area contributed by atoms with Crippen LogP contribution in [0.5, 0.6) is 0 Å². The third kappa shape index (κ3) is 6.05. The van der Waals surface area contributed by atoms with Crippen LogP contribution in [0.1, 0.15) is 18.9 Å². The molecule has 3 aromatic rings. The van der Waals surface area contributed by atoms with Gasteiger partial charge in [-0.15, -0.1) is 11.8 Å². The van der Waals surface area contributed by atoms with Gasteiger partial charge in [0.2, 0.25) is 5.91 Å². The van der Waals surface area contributed by atoms with Crippen LogP contribution in [0.2, 0.25) is 5.02 Å². The van der Waals surface area contributed by atoms with E-state index in [1.54, 1.807) is 29.8 Å². The topological polar surface area (TPSA) is 54.3 Å². The van der Waals surface area contributed by atoms with Crippen LogP contribution in [-0.2, 0) is 11.8 Å². The Kier molecular flexibility index (Phi) is 8.04. The number of aromatic nitrogens is 1. The second-order valence-corrected chi connectivity index (χ2v) is 8.93. The zero-order valence-corrected chi connectivity index (χ0v) is 19.7. The Morgan fingerprint density at radius 1 is 1.19 bits per heavy atom. The highest BCUT2D eigenvalue weighted by Crippen LogP contribution is 2.28. The standard InChI is InChI=1S/C24H28ClN3O2S/c1-4-28(19-8-5-7-17(2)13-19)12-6-11-26-23(29)16-31-22-15-24(30)27(3)21-14-18(25)9-10-20(21)22/h5,7-10,13-15H,4,6,11-12,16H2,1-3H3,(H,26,29). The number of pyridine rings is 1. The number of fused-ring (bicyclic) bond motifs is 1. The molecule has 1 N–H and O–H groups in total. The van der Waals surface area contributed by atoms with Crippen LogP contribution in [0, 0.1) is 6.92 Å². The maximum absolute atomic E-state index is 12.3. The zero-order valence-electron chi connectivity index (χ0n) is 18.2. The average Bonchev–Trinajstić information content (AvgIpc) is 2.75. The minimum absolute atomic E-state index is 0.0357. The molecule has 164 valence electrons. The molecule has 0 radical (unpaired) electrons. The smallest absolute Gasteiger partial charge is 0.251 e. The molecular weight excluding hydrogens is 430 g/mol. The minimum Gasteiger partial charge on any atom is -0.372 e. The molecule has 0 aliphatic heterocycles. The van der Waals surface area contributed by atoms with E-state index in [2.05, 4.69) is 48.3 Å². The van der Waals surface area contributed by atoms with E-state index in [1.165, 1.54) is 23.0 Å². The number of nitrogens with zero attached hydrogens (tertiary/aromatic N) is 2. The molecule has 0 unspecified atom stereocenters. The number of aryl methyl sites for hydroxylation is 2. The summed E-state index contributed by atoms with van der Waals surface area (Å²) in [6, 6.07) is 15.5. The number of hydrogen-bond donors (Lipinski definition) is 1. The monoisotopic (exact) mass is 457 g/mol. The number of halogens is 1. The SMILES string of the molecule is CCN(CCCNC(=O)CSc1cc(=O)n(C)c2cc(Cl)ccc12)c1cccc(C)c1. The van der Waals surface area contributed by atoms with Gasteiger partial charge in [-0.1, -0.05) is 29.8 Å². The van der Waals surface area contributed by atoms with Gasteiger partial charge in [0.25, 0.3) is 5.56 Å². The molecule has 1 heterocycles. The van der Waals surface area contributed by atoms with Crippen LogP contribution in [0.25, 0.3) is 10.9 Å². The van der Waals surface area contributed by atoms with Gasteiger partial charge in [-0.25, -0.2) is 0 Å². The maximum atomic E-state index is 12.3. The summed E-state index contributed by atoms with van der Waals surface area (Å²) in [5, 5.41) is 4.48. The summed E-state index contributed by atoms with van der Waals surface area (Å²) in [6.07, 6.45) is 0.867. The first-order valence-electron chi connectivity index (χ1n) is 10.4. The molecule has 7 heteroatoms. The van der Waals surface area contributed by atoms with E-state index in [4.69, 9.17) is 11.6 Å². The predicted molar refractivity (Wildman–Crippen MR) is 132 cm³/mol. The molecule has 2 aromatic carbocycles. The quantitative estimate of drug-likeness (QED) is 0.376. The fraction of sp³-hybridized carbons (Fsp3) is 0.333. The summed E-state index contributed by atoms with van der Waals surface area (Å²) >= 11 is 7.46. The van der Waals surface area contributed by atoms with E-state index >= 15 is 0 Å². The van der Waals surface area contributed by atoms with Crippen LogP contribution in [-0.4, -0.2) is 35.9 Å². The molecule has 0 saturated carbocycles. The molecule has 0 saturated heterocycles. The summed E-state index contributed by atoms with van der Waals surface area (Å²) in [7, 11) is 1.72. The summed E-state index contributed by atoms with van der Waals surface area (Å²) in [4.78, 5) is 27.7. The third-order valence-electron chi connectivity index (χ3n) is 5.21. The number of nitrogens with one attached hydrogen (secondary N) is 1. The van der Waals surface area contributed by atoms with E-state index in [0.717, 1.165) is 35.3 Å². The van der Waals surface area contributed by atoms with E-state index in [1.807, 2.05) is 6.07 Å². The van der Waals surface area contributed by atoms with E-state index < -0.39 is 0 Å². The van der Waals surface area contributed by atoms with Crippen molar-refractivity contribution >= 4 is 45.9 Å².